The summed E-state index contributed by atoms with van der Waals surface area (Å²) in [4.78, 5) is 0. The van der Waals surface area contributed by atoms with E-state index in [1.807, 2.05) is 4.68 Å². The van der Waals surface area contributed by atoms with Gasteiger partial charge in [0.25, 0.3) is 0 Å². The van der Waals surface area contributed by atoms with E-state index in [0.717, 1.165) is 31.7 Å². The highest BCUT2D eigenvalue weighted by atomic mass is 15.4. The van der Waals surface area contributed by atoms with Gasteiger partial charge in [0.2, 0.25) is 0 Å². The average Bonchev–Trinajstić information content (AvgIpc) is 2.83. The Hall–Kier alpha value is -1.68. The summed E-state index contributed by atoms with van der Waals surface area (Å²) in [5.41, 5.74) is 3.98. The highest BCUT2D eigenvalue weighted by Crippen LogP contribution is 2.35. The lowest BCUT2D eigenvalue weighted by Gasteiger charge is -2.29. The van der Waals surface area contributed by atoms with Crippen molar-refractivity contribution in [2.45, 2.75) is 39.3 Å². The Bertz CT molecular complexity index is 573. The Balaban J connectivity index is 1.54. The topological polar surface area (TPSA) is 42.7 Å². The molecule has 0 aliphatic heterocycles. The van der Waals surface area contributed by atoms with Crippen LogP contribution in [0.25, 0.3) is 0 Å². The maximum Gasteiger partial charge on any atom is 0.0964 e. The van der Waals surface area contributed by atoms with Crippen LogP contribution >= 0.6 is 0 Å². The van der Waals surface area contributed by atoms with Crippen LogP contribution in [0.3, 0.4) is 0 Å². The molecule has 1 aromatic heterocycles. The minimum absolute atomic E-state index is 0.601. The maximum atomic E-state index is 4.24. The van der Waals surface area contributed by atoms with Gasteiger partial charge in [-0.2, -0.15) is 0 Å². The van der Waals surface area contributed by atoms with E-state index < -0.39 is 0 Å². The van der Waals surface area contributed by atoms with E-state index in [4.69, 9.17) is 0 Å². The first-order valence-electron chi connectivity index (χ1n) is 7.40. The summed E-state index contributed by atoms with van der Waals surface area (Å²) >= 11 is 0. The summed E-state index contributed by atoms with van der Waals surface area (Å²) in [6, 6.07) is 8.68. The van der Waals surface area contributed by atoms with Gasteiger partial charge in [-0.05, 0) is 30.0 Å². The minimum atomic E-state index is 0.601. The zero-order valence-corrected chi connectivity index (χ0v) is 12.2. The van der Waals surface area contributed by atoms with Crippen LogP contribution in [0.5, 0.6) is 0 Å². The zero-order chi connectivity index (χ0) is 13.9. The van der Waals surface area contributed by atoms with Crippen LogP contribution in [-0.2, 0) is 19.5 Å². The number of rotatable bonds is 6. The fourth-order valence-corrected chi connectivity index (χ4v) is 2.75. The molecule has 0 fully saturated rings. The SMILES string of the molecule is CC(C)CNCc1cn(CC2Cc3ccccc32)nn1. The Morgan fingerprint density at radius 1 is 1.35 bits per heavy atom. The van der Waals surface area contributed by atoms with E-state index in [1.54, 1.807) is 0 Å². The summed E-state index contributed by atoms with van der Waals surface area (Å²) < 4.78 is 1.98. The van der Waals surface area contributed by atoms with Gasteiger partial charge in [0.1, 0.15) is 0 Å². The van der Waals surface area contributed by atoms with Crippen LogP contribution in [0.1, 0.15) is 36.6 Å². The summed E-state index contributed by atoms with van der Waals surface area (Å²) in [6.07, 6.45) is 3.23. The van der Waals surface area contributed by atoms with Crippen LogP contribution in [0.15, 0.2) is 30.5 Å². The van der Waals surface area contributed by atoms with E-state index in [2.05, 4.69) is 59.9 Å². The van der Waals surface area contributed by atoms with E-state index in [-0.39, 0.29) is 0 Å². The third-order valence-electron chi connectivity index (χ3n) is 3.81. The minimum Gasteiger partial charge on any atom is -0.311 e. The molecule has 1 aliphatic carbocycles. The molecule has 1 unspecified atom stereocenters. The average molecular weight is 270 g/mol. The van der Waals surface area contributed by atoms with Crippen molar-refractivity contribution in [3.05, 3.63) is 47.3 Å². The van der Waals surface area contributed by atoms with Gasteiger partial charge >= 0.3 is 0 Å². The van der Waals surface area contributed by atoms with Gasteiger partial charge < -0.3 is 5.32 Å². The fraction of sp³-hybridized carbons (Fsp3) is 0.500. The molecule has 1 atom stereocenters. The van der Waals surface area contributed by atoms with E-state index in [9.17, 15) is 0 Å². The second-order valence-electron chi connectivity index (χ2n) is 6.06. The summed E-state index contributed by atoms with van der Waals surface area (Å²) in [5, 5.41) is 11.9. The third kappa shape index (κ3) is 2.90. The molecule has 1 heterocycles. The quantitative estimate of drug-likeness (QED) is 0.876. The van der Waals surface area contributed by atoms with Gasteiger partial charge in [-0.25, -0.2) is 0 Å². The van der Waals surface area contributed by atoms with Crippen LogP contribution in [-0.4, -0.2) is 21.5 Å². The van der Waals surface area contributed by atoms with Crippen molar-refractivity contribution < 1.29 is 0 Å². The van der Waals surface area contributed by atoms with Crippen molar-refractivity contribution in [2.24, 2.45) is 5.92 Å². The predicted octanol–water partition coefficient (Wildman–Crippen LogP) is 2.36. The summed E-state index contributed by atoms with van der Waals surface area (Å²) in [6.45, 7) is 7.17. The van der Waals surface area contributed by atoms with Gasteiger partial charge in [0.05, 0.1) is 5.69 Å². The molecule has 1 aliphatic rings. The van der Waals surface area contributed by atoms with Crippen molar-refractivity contribution in [3.63, 3.8) is 0 Å². The fourth-order valence-electron chi connectivity index (χ4n) is 2.75. The molecule has 1 aromatic carbocycles. The highest BCUT2D eigenvalue weighted by molar-refractivity contribution is 5.39. The van der Waals surface area contributed by atoms with Gasteiger partial charge in [0.15, 0.2) is 0 Å². The maximum absolute atomic E-state index is 4.24. The van der Waals surface area contributed by atoms with Gasteiger partial charge in [0, 0.05) is 25.2 Å². The Morgan fingerprint density at radius 2 is 2.20 bits per heavy atom. The molecule has 4 nitrogen and oxygen atoms in total. The normalized spacial score (nSPS) is 17.1. The first-order chi connectivity index (χ1) is 9.72. The largest absolute Gasteiger partial charge is 0.311 e. The molecule has 0 amide bonds. The van der Waals surface area contributed by atoms with E-state index in [0.29, 0.717) is 11.8 Å². The second kappa shape index (κ2) is 5.75. The number of hydrogen-bond donors (Lipinski definition) is 1. The highest BCUT2D eigenvalue weighted by Gasteiger charge is 2.25. The molecule has 3 rings (SSSR count). The molecule has 0 bridgehead atoms. The lowest BCUT2D eigenvalue weighted by molar-refractivity contribution is 0.465. The molecule has 0 spiro atoms. The standard InChI is InChI=1S/C16H22N4/c1-12(2)8-17-9-15-11-20(19-18-15)10-14-7-13-5-3-4-6-16(13)14/h3-6,11-12,14,17H,7-10H2,1-2H3. The Kier molecular flexibility index (Phi) is 3.83. The molecule has 1 N–H and O–H groups in total. The number of nitrogens with one attached hydrogen (secondary N) is 1. The van der Waals surface area contributed by atoms with Crippen molar-refractivity contribution in [1.82, 2.24) is 20.3 Å². The first kappa shape index (κ1) is 13.3. The number of fused-ring (bicyclic) bond motifs is 1. The van der Waals surface area contributed by atoms with Gasteiger partial charge in [-0.1, -0.05) is 43.3 Å². The van der Waals surface area contributed by atoms with Crippen LogP contribution in [0, 0.1) is 5.92 Å². The molecular weight excluding hydrogens is 248 g/mol. The van der Waals surface area contributed by atoms with Gasteiger partial charge in [-0.15, -0.1) is 5.10 Å². The molecule has 0 saturated heterocycles. The van der Waals surface area contributed by atoms with Crippen LogP contribution in [0.4, 0.5) is 0 Å². The molecule has 0 saturated carbocycles. The molecule has 2 aromatic rings. The number of benzene rings is 1. The smallest absolute Gasteiger partial charge is 0.0964 e. The molecule has 0 radical (unpaired) electrons. The van der Waals surface area contributed by atoms with E-state index in [1.165, 1.54) is 11.1 Å². The molecular formula is C16H22N4. The summed E-state index contributed by atoms with van der Waals surface area (Å²) in [5.74, 6) is 1.26. The van der Waals surface area contributed by atoms with Crippen LogP contribution in [0.2, 0.25) is 0 Å². The summed E-state index contributed by atoms with van der Waals surface area (Å²) in [7, 11) is 0. The lowest BCUT2D eigenvalue weighted by atomic mass is 9.78. The molecule has 4 heteroatoms. The van der Waals surface area contributed by atoms with E-state index >= 15 is 0 Å². The monoisotopic (exact) mass is 270 g/mol. The number of aromatic nitrogens is 3. The van der Waals surface area contributed by atoms with Crippen molar-refractivity contribution in [3.8, 4) is 0 Å². The van der Waals surface area contributed by atoms with Crippen molar-refractivity contribution in [2.75, 3.05) is 6.54 Å². The molecule has 106 valence electrons. The van der Waals surface area contributed by atoms with Gasteiger partial charge in [-0.3, -0.25) is 4.68 Å². The molecule has 20 heavy (non-hydrogen) atoms. The second-order valence-corrected chi connectivity index (χ2v) is 6.06. The van der Waals surface area contributed by atoms with Crippen LogP contribution < -0.4 is 5.32 Å². The number of hydrogen-bond acceptors (Lipinski definition) is 3. The first-order valence-corrected chi connectivity index (χ1v) is 7.40. The zero-order valence-electron chi connectivity index (χ0n) is 12.2. The number of nitrogens with zero attached hydrogens (tertiary/aromatic N) is 3. The Morgan fingerprint density at radius 3 is 3.00 bits per heavy atom. The third-order valence-corrected chi connectivity index (χ3v) is 3.81. The van der Waals surface area contributed by atoms with Crippen molar-refractivity contribution >= 4 is 0 Å². The lowest BCUT2D eigenvalue weighted by Crippen LogP contribution is -2.22. The van der Waals surface area contributed by atoms with Crippen molar-refractivity contribution in [1.29, 1.82) is 0 Å². The Labute approximate surface area is 120 Å². The predicted molar refractivity (Wildman–Crippen MR) is 79.5 cm³/mol.